The lowest BCUT2D eigenvalue weighted by molar-refractivity contribution is -0.389. The van der Waals surface area contributed by atoms with Gasteiger partial charge in [-0.2, -0.15) is 4.68 Å². The van der Waals surface area contributed by atoms with E-state index in [1.54, 1.807) is 0 Å². The fourth-order valence-corrected chi connectivity index (χ4v) is 0.966. The zero-order chi connectivity index (χ0) is 11.4. The maximum Gasteiger partial charge on any atom is 0.390 e. The van der Waals surface area contributed by atoms with Crippen molar-refractivity contribution in [3.63, 3.8) is 0 Å². The van der Waals surface area contributed by atoms with Gasteiger partial charge in [-0.05, 0) is 4.92 Å². The maximum atomic E-state index is 11.7. The van der Waals surface area contributed by atoms with Crippen molar-refractivity contribution in [2.45, 2.75) is 13.0 Å². The monoisotopic (exact) mass is 221 g/mol. The van der Waals surface area contributed by atoms with Crippen LogP contribution in [0.25, 0.3) is 0 Å². The van der Waals surface area contributed by atoms with E-state index in [1.165, 1.54) is 17.8 Å². The largest absolute Gasteiger partial charge is 0.390 e. The topological polar surface area (TPSA) is 70.2 Å². The summed E-state index contributed by atoms with van der Waals surface area (Å²) >= 11 is 0. The van der Waals surface area contributed by atoms with E-state index in [0.29, 0.717) is 5.69 Å². The number of ether oxygens (including phenoxy) is 1. The summed E-state index contributed by atoms with van der Waals surface area (Å²) in [4.78, 5) is 9.66. The van der Waals surface area contributed by atoms with Gasteiger partial charge in [-0.3, -0.25) is 0 Å². The minimum Gasteiger partial charge on any atom is -0.369 e. The Morgan fingerprint density at radius 1 is 1.73 bits per heavy atom. The number of alkyl halides is 2. The lowest BCUT2D eigenvalue weighted by atomic mass is 10.4. The van der Waals surface area contributed by atoms with Gasteiger partial charge in [-0.1, -0.05) is 0 Å². The van der Waals surface area contributed by atoms with Crippen LogP contribution in [0.5, 0.6) is 0 Å². The van der Waals surface area contributed by atoms with Crippen molar-refractivity contribution < 1.29 is 18.4 Å². The van der Waals surface area contributed by atoms with Gasteiger partial charge in [-0.15, -0.1) is 0 Å². The van der Waals surface area contributed by atoms with E-state index in [2.05, 4.69) is 9.84 Å². The molecule has 6 nitrogen and oxygen atoms in total. The van der Waals surface area contributed by atoms with E-state index >= 15 is 0 Å². The Hall–Kier alpha value is -1.57. The SMILES string of the molecule is Cn1nc([N+](=O)[O-])cc1COCC(F)F. The Labute approximate surface area is 83.6 Å². The Balaban J connectivity index is 2.57. The molecule has 0 amide bonds. The number of halogens is 2. The second-order valence-electron chi connectivity index (χ2n) is 2.78. The number of hydrogen-bond donors (Lipinski definition) is 0. The van der Waals surface area contributed by atoms with E-state index in [1.807, 2.05) is 0 Å². The quantitative estimate of drug-likeness (QED) is 0.551. The van der Waals surface area contributed by atoms with Crippen LogP contribution in [-0.4, -0.2) is 27.7 Å². The van der Waals surface area contributed by atoms with E-state index in [-0.39, 0.29) is 12.4 Å². The first-order chi connectivity index (χ1) is 7.00. The van der Waals surface area contributed by atoms with Crippen LogP contribution in [0.15, 0.2) is 6.07 Å². The van der Waals surface area contributed by atoms with Gasteiger partial charge in [0.25, 0.3) is 6.43 Å². The Morgan fingerprint density at radius 2 is 2.40 bits per heavy atom. The summed E-state index contributed by atoms with van der Waals surface area (Å²) in [7, 11) is 1.48. The van der Waals surface area contributed by atoms with Crippen LogP contribution in [0, 0.1) is 10.1 Å². The fraction of sp³-hybridized carbons (Fsp3) is 0.571. The first kappa shape index (κ1) is 11.5. The molecule has 0 saturated heterocycles. The molecule has 1 heterocycles. The highest BCUT2D eigenvalue weighted by Gasteiger charge is 2.15. The van der Waals surface area contributed by atoms with Crippen molar-refractivity contribution >= 4 is 5.82 Å². The van der Waals surface area contributed by atoms with Gasteiger partial charge >= 0.3 is 5.82 Å². The van der Waals surface area contributed by atoms with Gasteiger partial charge in [-0.25, -0.2) is 8.78 Å². The summed E-state index contributed by atoms with van der Waals surface area (Å²) in [6, 6.07) is 1.19. The molecule has 0 atom stereocenters. The van der Waals surface area contributed by atoms with E-state index < -0.39 is 18.0 Å². The second kappa shape index (κ2) is 4.78. The van der Waals surface area contributed by atoms with Crippen molar-refractivity contribution in [2.24, 2.45) is 7.05 Å². The first-order valence-electron chi connectivity index (χ1n) is 4.04. The Morgan fingerprint density at radius 3 is 2.87 bits per heavy atom. The maximum absolute atomic E-state index is 11.7. The number of hydrogen-bond acceptors (Lipinski definition) is 4. The number of nitrogens with zero attached hydrogens (tertiary/aromatic N) is 3. The molecule has 0 aromatic carbocycles. The third kappa shape index (κ3) is 3.24. The number of aromatic nitrogens is 2. The van der Waals surface area contributed by atoms with Crippen LogP contribution in [0.2, 0.25) is 0 Å². The molecule has 1 rings (SSSR count). The zero-order valence-corrected chi connectivity index (χ0v) is 7.89. The Kier molecular flexibility index (Phi) is 3.67. The molecule has 0 bridgehead atoms. The molecule has 8 heteroatoms. The van der Waals surface area contributed by atoms with E-state index in [9.17, 15) is 18.9 Å². The highest BCUT2D eigenvalue weighted by molar-refractivity contribution is 5.21. The molecule has 0 N–H and O–H groups in total. The molecular weight excluding hydrogens is 212 g/mol. The molecule has 0 spiro atoms. The average Bonchev–Trinajstić information content (AvgIpc) is 2.47. The number of aryl methyl sites for hydroxylation is 1. The third-order valence-electron chi connectivity index (χ3n) is 1.64. The molecule has 0 aliphatic carbocycles. The van der Waals surface area contributed by atoms with Crippen LogP contribution >= 0.6 is 0 Å². The molecule has 15 heavy (non-hydrogen) atoms. The minimum absolute atomic E-state index is 0.123. The van der Waals surface area contributed by atoms with Crippen LogP contribution in [0.4, 0.5) is 14.6 Å². The lowest BCUT2D eigenvalue weighted by Gasteiger charge is -2.00. The molecular formula is C7H9F2N3O3. The highest BCUT2D eigenvalue weighted by atomic mass is 19.3. The van der Waals surface area contributed by atoms with Crippen molar-refractivity contribution in [3.8, 4) is 0 Å². The summed E-state index contributed by atoms with van der Waals surface area (Å²) in [5, 5.41) is 13.9. The normalized spacial score (nSPS) is 10.9. The van der Waals surface area contributed by atoms with Gasteiger partial charge in [0.1, 0.15) is 6.61 Å². The molecule has 0 aliphatic rings. The van der Waals surface area contributed by atoms with Gasteiger partial charge in [0, 0.05) is 0 Å². The number of nitro groups is 1. The zero-order valence-electron chi connectivity index (χ0n) is 7.89. The highest BCUT2D eigenvalue weighted by Crippen LogP contribution is 2.11. The van der Waals surface area contributed by atoms with Gasteiger partial charge in [0.15, 0.2) is 0 Å². The number of rotatable bonds is 5. The van der Waals surface area contributed by atoms with Crippen molar-refractivity contribution in [3.05, 3.63) is 21.9 Å². The van der Waals surface area contributed by atoms with E-state index in [0.717, 1.165) is 0 Å². The predicted octanol–water partition coefficient (Wildman–Crippen LogP) is 1.11. The molecule has 0 fully saturated rings. The predicted molar refractivity (Wildman–Crippen MR) is 45.5 cm³/mol. The van der Waals surface area contributed by atoms with Gasteiger partial charge in [0.05, 0.1) is 30.5 Å². The molecule has 0 radical (unpaired) electrons. The van der Waals surface area contributed by atoms with Crippen molar-refractivity contribution in [2.75, 3.05) is 6.61 Å². The molecule has 0 unspecified atom stereocenters. The first-order valence-corrected chi connectivity index (χ1v) is 4.04. The van der Waals surface area contributed by atoms with E-state index in [4.69, 9.17) is 0 Å². The summed E-state index contributed by atoms with van der Waals surface area (Å²) in [5.74, 6) is -0.326. The fourth-order valence-electron chi connectivity index (χ4n) is 0.966. The summed E-state index contributed by atoms with van der Waals surface area (Å²) < 4.78 is 29.3. The third-order valence-corrected chi connectivity index (χ3v) is 1.64. The smallest absolute Gasteiger partial charge is 0.369 e. The van der Waals surface area contributed by atoms with Crippen LogP contribution < -0.4 is 0 Å². The second-order valence-corrected chi connectivity index (χ2v) is 2.78. The van der Waals surface area contributed by atoms with Crippen LogP contribution in [0.1, 0.15) is 5.69 Å². The minimum atomic E-state index is -2.55. The lowest BCUT2D eigenvalue weighted by Crippen LogP contribution is -2.06. The molecule has 1 aromatic rings. The van der Waals surface area contributed by atoms with Crippen LogP contribution in [0.3, 0.4) is 0 Å². The van der Waals surface area contributed by atoms with Gasteiger partial charge < -0.3 is 14.9 Å². The summed E-state index contributed by atoms with van der Waals surface area (Å²) in [6.07, 6.45) is -2.55. The molecule has 0 aliphatic heterocycles. The van der Waals surface area contributed by atoms with Crippen molar-refractivity contribution in [1.29, 1.82) is 0 Å². The summed E-state index contributed by atoms with van der Waals surface area (Å²) in [5.41, 5.74) is 0.377. The molecule has 1 aromatic heterocycles. The van der Waals surface area contributed by atoms with Gasteiger partial charge in [0.2, 0.25) is 0 Å². The Bertz CT molecular complexity index is 353. The average molecular weight is 221 g/mol. The molecule has 0 saturated carbocycles. The molecule has 84 valence electrons. The van der Waals surface area contributed by atoms with Crippen molar-refractivity contribution in [1.82, 2.24) is 9.78 Å². The standard InChI is InChI=1S/C7H9F2N3O3/c1-11-5(3-15-4-6(8)9)2-7(10-11)12(13)14/h2,6H,3-4H2,1H3. The van der Waals surface area contributed by atoms with Crippen LogP contribution in [-0.2, 0) is 18.4 Å². The summed E-state index contributed by atoms with van der Waals surface area (Å²) in [6.45, 7) is -0.819.